The molecular weight excluding hydrogens is 482 g/mol. The van der Waals surface area contributed by atoms with Crippen molar-refractivity contribution in [2.24, 2.45) is 9.98 Å². The summed E-state index contributed by atoms with van der Waals surface area (Å²) in [5, 5.41) is 15.0. The van der Waals surface area contributed by atoms with Crippen molar-refractivity contribution >= 4 is 23.8 Å². The van der Waals surface area contributed by atoms with Gasteiger partial charge in [-0.3, -0.25) is 0 Å². The molecule has 0 spiro atoms. The summed E-state index contributed by atoms with van der Waals surface area (Å²) in [5.74, 6) is 3.06. The van der Waals surface area contributed by atoms with E-state index in [0.717, 1.165) is 29.8 Å². The third-order valence-corrected chi connectivity index (χ3v) is 6.54. The molecule has 2 aromatic heterocycles. The second-order valence-electron chi connectivity index (χ2n) is 9.72. The van der Waals surface area contributed by atoms with Gasteiger partial charge in [-0.1, -0.05) is 12.1 Å². The fraction of sp³-hybridized carbons (Fsp3) is 0.393. The van der Waals surface area contributed by atoms with Crippen molar-refractivity contribution < 1.29 is 14.6 Å². The van der Waals surface area contributed by atoms with Crippen LogP contribution in [0.3, 0.4) is 0 Å². The smallest absolute Gasteiger partial charge is 0.244 e. The van der Waals surface area contributed by atoms with Crippen molar-refractivity contribution in [1.29, 1.82) is 0 Å². The number of allylic oxidation sites excluding steroid dienone is 1. The predicted octanol–water partition coefficient (Wildman–Crippen LogP) is 3.92. The number of phenols is 1. The first-order valence-corrected chi connectivity index (χ1v) is 12.7. The van der Waals surface area contributed by atoms with Gasteiger partial charge < -0.3 is 19.5 Å². The van der Waals surface area contributed by atoms with Crippen LogP contribution in [0.1, 0.15) is 53.7 Å². The van der Waals surface area contributed by atoms with Crippen LogP contribution < -0.4 is 9.64 Å². The van der Waals surface area contributed by atoms with Crippen molar-refractivity contribution in [3.8, 4) is 11.5 Å². The minimum atomic E-state index is -0.320. The van der Waals surface area contributed by atoms with Gasteiger partial charge in [-0.25, -0.2) is 19.7 Å². The summed E-state index contributed by atoms with van der Waals surface area (Å²) < 4.78 is 13.1. The maximum Gasteiger partial charge on any atom is 0.244 e. The number of methoxy groups -OCH3 is 1. The Kier molecular flexibility index (Phi) is 7.13. The highest BCUT2D eigenvalue weighted by atomic mass is 16.5. The van der Waals surface area contributed by atoms with Gasteiger partial charge in [0.25, 0.3) is 0 Å². The van der Waals surface area contributed by atoms with Gasteiger partial charge in [-0.15, -0.1) is 5.10 Å². The summed E-state index contributed by atoms with van der Waals surface area (Å²) in [7, 11) is 5.32. The Labute approximate surface area is 222 Å². The Morgan fingerprint density at radius 1 is 1.16 bits per heavy atom. The Bertz CT molecular complexity index is 1440. The van der Waals surface area contributed by atoms with Crippen molar-refractivity contribution in [3.63, 3.8) is 0 Å². The van der Waals surface area contributed by atoms with Crippen molar-refractivity contribution in [3.05, 3.63) is 64.2 Å². The zero-order valence-corrected chi connectivity index (χ0v) is 22.5. The number of nitrogens with zero attached hydrogens (tertiary/aromatic N) is 7. The van der Waals surface area contributed by atoms with E-state index in [1.165, 1.54) is 18.2 Å². The molecule has 5 rings (SSSR count). The number of aryl methyl sites for hydroxylation is 1. The number of aliphatic imine (C=N–C) groups is 2. The minimum absolute atomic E-state index is 0.0804. The molecule has 198 valence electrons. The molecule has 1 N–H and O–H groups in total. The quantitative estimate of drug-likeness (QED) is 0.530. The molecule has 1 atom stereocenters. The summed E-state index contributed by atoms with van der Waals surface area (Å²) in [4.78, 5) is 20.7. The number of hydrogen-bond donors (Lipinski definition) is 1. The molecule has 0 amide bonds. The Morgan fingerprint density at radius 2 is 2.00 bits per heavy atom. The average molecular weight is 516 g/mol. The number of fused-ring (bicyclic) bond motifs is 1. The molecule has 2 aliphatic rings. The van der Waals surface area contributed by atoms with E-state index in [4.69, 9.17) is 29.5 Å². The standard InChI is InChI=1S/C28H33N7O3/c1-17-12-20(31-22-9-7-6-8-21(17)22)16-38-27-15-26(29-18(2)30-27)35-25(32-28(33-35)34(3)4)14-19-10-11-24(37-5)23(36)13-19/h7,9-13,18,36H,6,8,14-16H2,1-5H3. The Morgan fingerprint density at radius 3 is 2.76 bits per heavy atom. The van der Waals surface area contributed by atoms with Crippen LogP contribution in [-0.2, 0) is 24.2 Å². The summed E-state index contributed by atoms with van der Waals surface area (Å²) in [6.45, 7) is 4.38. The summed E-state index contributed by atoms with van der Waals surface area (Å²) in [5.41, 5.74) is 5.34. The normalized spacial score (nSPS) is 16.5. The second-order valence-corrected chi connectivity index (χ2v) is 9.72. The number of aromatic nitrogens is 4. The number of ether oxygens (including phenoxy) is 2. The largest absolute Gasteiger partial charge is 0.504 e. The fourth-order valence-electron chi connectivity index (χ4n) is 4.68. The SMILES string of the molecule is COc1ccc(Cc2nc(N(C)C)nn2C2=NC(C)N=C(OCc3cc(C)c4c(n3)C=CCC4)C2)cc1O. The van der Waals surface area contributed by atoms with Gasteiger partial charge in [0.15, 0.2) is 17.4 Å². The van der Waals surface area contributed by atoms with Gasteiger partial charge in [-0.05, 0) is 67.7 Å². The number of benzene rings is 1. The van der Waals surface area contributed by atoms with E-state index in [-0.39, 0.29) is 11.9 Å². The van der Waals surface area contributed by atoms with E-state index in [9.17, 15) is 5.11 Å². The van der Waals surface area contributed by atoms with Crippen molar-refractivity contribution in [1.82, 2.24) is 19.7 Å². The van der Waals surface area contributed by atoms with Crippen LogP contribution in [0.4, 0.5) is 5.95 Å². The Hall–Kier alpha value is -4.21. The van der Waals surface area contributed by atoms with Crippen LogP contribution in [0.5, 0.6) is 11.5 Å². The van der Waals surface area contributed by atoms with Gasteiger partial charge in [0, 0.05) is 20.5 Å². The molecule has 10 heteroatoms. The molecule has 0 fully saturated rings. The highest BCUT2D eigenvalue weighted by molar-refractivity contribution is 6.02. The van der Waals surface area contributed by atoms with Gasteiger partial charge in [0.2, 0.25) is 5.95 Å². The monoisotopic (exact) mass is 515 g/mol. The molecule has 38 heavy (non-hydrogen) atoms. The van der Waals surface area contributed by atoms with Crippen LogP contribution in [0.15, 0.2) is 40.3 Å². The maximum atomic E-state index is 10.2. The van der Waals surface area contributed by atoms with Crippen LogP contribution in [0, 0.1) is 6.92 Å². The minimum Gasteiger partial charge on any atom is -0.504 e. The Balaban J connectivity index is 1.35. The zero-order chi connectivity index (χ0) is 26.8. The van der Waals surface area contributed by atoms with E-state index in [2.05, 4.69) is 30.1 Å². The average Bonchev–Trinajstić information content (AvgIpc) is 3.31. The van der Waals surface area contributed by atoms with E-state index in [1.807, 2.05) is 32.0 Å². The molecule has 0 bridgehead atoms. The topological polar surface area (TPSA) is 110 Å². The maximum absolute atomic E-state index is 10.2. The van der Waals surface area contributed by atoms with Crippen LogP contribution in [-0.4, -0.2) is 64.0 Å². The highest BCUT2D eigenvalue weighted by Gasteiger charge is 2.23. The molecule has 10 nitrogen and oxygen atoms in total. The molecule has 0 saturated carbocycles. The van der Waals surface area contributed by atoms with E-state index < -0.39 is 0 Å². The first kappa shape index (κ1) is 25.4. The molecule has 3 heterocycles. The van der Waals surface area contributed by atoms with E-state index in [0.29, 0.717) is 48.7 Å². The number of hydrogen-bond acceptors (Lipinski definition) is 9. The van der Waals surface area contributed by atoms with E-state index >= 15 is 0 Å². The van der Waals surface area contributed by atoms with E-state index in [1.54, 1.807) is 16.8 Å². The lowest BCUT2D eigenvalue weighted by molar-refractivity contribution is 0.278. The lowest BCUT2D eigenvalue weighted by Crippen LogP contribution is -2.28. The number of anilines is 1. The fourth-order valence-corrected chi connectivity index (χ4v) is 4.68. The first-order chi connectivity index (χ1) is 18.3. The van der Waals surface area contributed by atoms with Gasteiger partial charge >= 0.3 is 0 Å². The molecule has 0 radical (unpaired) electrons. The molecule has 1 aromatic carbocycles. The third kappa shape index (κ3) is 5.39. The molecular formula is C28H33N7O3. The number of pyridine rings is 1. The van der Waals surface area contributed by atoms with Crippen LogP contribution in [0.25, 0.3) is 6.08 Å². The summed E-state index contributed by atoms with van der Waals surface area (Å²) >= 11 is 0. The van der Waals surface area contributed by atoms with Crippen LogP contribution >= 0.6 is 0 Å². The molecule has 1 aliphatic heterocycles. The van der Waals surface area contributed by atoms with Gasteiger partial charge in [-0.2, -0.15) is 4.98 Å². The lowest BCUT2D eigenvalue weighted by atomic mass is 9.97. The van der Waals surface area contributed by atoms with Crippen molar-refractivity contribution in [2.75, 3.05) is 26.1 Å². The predicted molar refractivity (Wildman–Crippen MR) is 147 cm³/mol. The van der Waals surface area contributed by atoms with Crippen molar-refractivity contribution in [2.45, 2.75) is 52.3 Å². The number of rotatable bonds is 6. The molecule has 3 aromatic rings. The van der Waals surface area contributed by atoms with Crippen LogP contribution in [0.2, 0.25) is 0 Å². The number of phenolic OH excluding ortho intramolecular Hbond substituents is 1. The zero-order valence-electron chi connectivity index (χ0n) is 22.5. The highest BCUT2D eigenvalue weighted by Crippen LogP contribution is 2.28. The second kappa shape index (κ2) is 10.6. The summed E-state index contributed by atoms with van der Waals surface area (Å²) in [6, 6.07) is 7.42. The molecule has 1 aliphatic carbocycles. The molecule has 0 saturated heterocycles. The van der Waals surface area contributed by atoms with Gasteiger partial charge in [0.05, 0.1) is 24.9 Å². The molecule has 1 unspecified atom stereocenters. The third-order valence-electron chi connectivity index (χ3n) is 6.54. The van der Waals surface area contributed by atoms with Gasteiger partial charge in [0.1, 0.15) is 24.4 Å². The summed E-state index contributed by atoms with van der Waals surface area (Å²) in [6.07, 6.45) is 6.86. The first-order valence-electron chi connectivity index (χ1n) is 12.7. The lowest BCUT2D eigenvalue weighted by Gasteiger charge is -2.19. The number of aromatic hydroxyl groups is 1.